The minimum Gasteiger partial charge on any atom is -0.392 e. The number of aryl methyl sites for hydroxylation is 1. The minimum absolute atomic E-state index is 0.126. The first-order valence-electron chi connectivity index (χ1n) is 4.73. The number of benzene rings is 1. The molecular formula is C11H14INO2. The molecule has 0 radical (unpaired) electrons. The van der Waals surface area contributed by atoms with Gasteiger partial charge in [-0.15, -0.1) is 0 Å². The number of hydrogen-bond donors (Lipinski definition) is 2. The van der Waals surface area contributed by atoms with Crippen LogP contribution in [0.25, 0.3) is 0 Å². The zero-order chi connectivity index (χ0) is 11.4. The highest BCUT2D eigenvalue weighted by Crippen LogP contribution is 2.15. The molecule has 1 aromatic rings. The van der Waals surface area contributed by atoms with Gasteiger partial charge >= 0.3 is 0 Å². The van der Waals surface area contributed by atoms with Crippen molar-refractivity contribution in [3.63, 3.8) is 0 Å². The van der Waals surface area contributed by atoms with Crippen LogP contribution in [0, 0.1) is 10.5 Å². The summed E-state index contributed by atoms with van der Waals surface area (Å²) in [5.74, 6) is -0.126. The first-order chi connectivity index (χ1) is 7.02. The first-order valence-corrected chi connectivity index (χ1v) is 5.81. The average Bonchev–Trinajstić information content (AvgIpc) is 2.14. The molecule has 3 nitrogen and oxygen atoms in total. The van der Waals surface area contributed by atoms with Crippen LogP contribution < -0.4 is 5.32 Å². The molecular weight excluding hydrogens is 305 g/mol. The summed E-state index contributed by atoms with van der Waals surface area (Å²) >= 11 is 2.13. The van der Waals surface area contributed by atoms with Crippen molar-refractivity contribution in [2.24, 2.45) is 0 Å². The normalized spacial score (nSPS) is 12.3. The third-order valence-corrected chi connectivity index (χ3v) is 2.91. The molecule has 1 rings (SSSR count). The quantitative estimate of drug-likeness (QED) is 0.834. The molecule has 15 heavy (non-hydrogen) atoms. The van der Waals surface area contributed by atoms with E-state index in [2.05, 4.69) is 27.9 Å². The summed E-state index contributed by atoms with van der Waals surface area (Å²) in [5.41, 5.74) is 1.64. The van der Waals surface area contributed by atoms with E-state index in [1.165, 1.54) is 0 Å². The summed E-state index contributed by atoms with van der Waals surface area (Å²) < 4.78 is 0.927. The lowest BCUT2D eigenvalue weighted by atomic mass is 10.1. The van der Waals surface area contributed by atoms with Gasteiger partial charge in [0.05, 0.1) is 11.7 Å². The molecule has 0 bridgehead atoms. The van der Waals surface area contributed by atoms with Crippen LogP contribution in [0.4, 0.5) is 0 Å². The number of aliphatic hydroxyl groups is 1. The maximum absolute atomic E-state index is 11.8. The van der Waals surface area contributed by atoms with Crippen molar-refractivity contribution >= 4 is 28.5 Å². The lowest BCUT2D eigenvalue weighted by Crippen LogP contribution is -2.31. The van der Waals surface area contributed by atoms with Gasteiger partial charge in [0.1, 0.15) is 0 Å². The van der Waals surface area contributed by atoms with Crippen molar-refractivity contribution in [1.29, 1.82) is 0 Å². The molecule has 0 aromatic heterocycles. The molecule has 0 fully saturated rings. The number of aliphatic hydroxyl groups excluding tert-OH is 1. The predicted molar refractivity (Wildman–Crippen MR) is 67.9 cm³/mol. The molecule has 0 aliphatic heterocycles. The largest absolute Gasteiger partial charge is 0.392 e. The highest BCUT2D eigenvalue weighted by atomic mass is 127. The van der Waals surface area contributed by atoms with Crippen LogP contribution in [-0.4, -0.2) is 23.7 Å². The number of amides is 1. The smallest absolute Gasteiger partial charge is 0.252 e. The van der Waals surface area contributed by atoms with Crippen LogP contribution >= 0.6 is 22.6 Å². The Morgan fingerprint density at radius 1 is 1.60 bits per heavy atom. The van der Waals surface area contributed by atoms with E-state index in [4.69, 9.17) is 5.11 Å². The Labute approximate surface area is 103 Å². The fraction of sp³-hybridized carbons (Fsp3) is 0.364. The average molecular weight is 319 g/mol. The van der Waals surface area contributed by atoms with Crippen LogP contribution in [-0.2, 0) is 0 Å². The fourth-order valence-electron chi connectivity index (χ4n) is 1.25. The summed E-state index contributed by atoms with van der Waals surface area (Å²) in [5, 5.41) is 11.8. The molecule has 0 heterocycles. The van der Waals surface area contributed by atoms with Gasteiger partial charge in [-0.1, -0.05) is 12.1 Å². The lowest BCUT2D eigenvalue weighted by molar-refractivity contribution is 0.0922. The van der Waals surface area contributed by atoms with Gasteiger partial charge in [0.25, 0.3) is 5.91 Å². The number of rotatable bonds is 3. The van der Waals surface area contributed by atoms with Gasteiger partial charge in [-0.2, -0.15) is 0 Å². The highest BCUT2D eigenvalue weighted by Gasteiger charge is 2.12. The second-order valence-corrected chi connectivity index (χ2v) is 4.65. The van der Waals surface area contributed by atoms with E-state index in [1.807, 2.05) is 25.1 Å². The topological polar surface area (TPSA) is 49.3 Å². The van der Waals surface area contributed by atoms with Gasteiger partial charge < -0.3 is 10.4 Å². The number of carbonyl (C=O) groups is 1. The van der Waals surface area contributed by atoms with Gasteiger partial charge in [-0.05, 0) is 48.1 Å². The Balaban J connectivity index is 2.82. The maximum atomic E-state index is 11.8. The van der Waals surface area contributed by atoms with Crippen molar-refractivity contribution < 1.29 is 9.90 Å². The Hall–Kier alpha value is -0.620. The molecule has 0 spiro atoms. The Kier molecular flexibility index (Phi) is 4.53. The van der Waals surface area contributed by atoms with E-state index in [9.17, 15) is 4.79 Å². The van der Waals surface area contributed by atoms with Crippen molar-refractivity contribution in [2.45, 2.75) is 20.0 Å². The number of nitrogens with one attached hydrogen (secondary N) is 1. The van der Waals surface area contributed by atoms with Gasteiger partial charge in [-0.3, -0.25) is 4.79 Å². The summed E-state index contributed by atoms with van der Waals surface area (Å²) in [6.45, 7) is 3.83. The SMILES string of the molecule is Cc1cccc(I)c1C(=O)NCC(C)O. The Morgan fingerprint density at radius 3 is 2.80 bits per heavy atom. The molecule has 1 amide bonds. The van der Waals surface area contributed by atoms with Crippen LogP contribution in [0.1, 0.15) is 22.8 Å². The molecule has 0 saturated heterocycles. The van der Waals surface area contributed by atoms with E-state index >= 15 is 0 Å². The monoisotopic (exact) mass is 319 g/mol. The highest BCUT2D eigenvalue weighted by molar-refractivity contribution is 14.1. The van der Waals surface area contributed by atoms with E-state index in [0.29, 0.717) is 5.56 Å². The molecule has 1 atom stereocenters. The second kappa shape index (κ2) is 5.46. The number of hydrogen-bond acceptors (Lipinski definition) is 2. The van der Waals surface area contributed by atoms with Crippen LogP contribution in [0.2, 0.25) is 0 Å². The lowest BCUT2D eigenvalue weighted by Gasteiger charge is -2.10. The molecule has 4 heteroatoms. The maximum Gasteiger partial charge on any atom is 0.252 e. The molecule has 0 saturated carbocycles. The van der Waals surface area contributed by atoms with Gasteiger partial charge in [0.2, 0.25) is 0 Å². The minimum atomic E-state index is -0.518. The Morgan fingerprint density at radius 2 is 2.27 bits per heavy atom. The van der Waals surface area contributed by atoms with E-state index < -0.39 is 6.10 Å². The van der Waals surface area contributed by atoms with E-state index in [1.54, 1.807) is 6.92 Å². The van der Waals surface area contributed by atoms with Gasteiger partial charge in [0, 0.05) is 10.1 Å². The van der Waals surface area contributed by atoms with Crippen LogP contribution in [0.15, 0.2) is 18.2 Å². The summed E-state index contributed by atoms with van der Waals surface area (Å²) in [6, 6.07) is 5.72. The van der Waals surface area contributed by atoms with Gasteiger partial charge in [-0.25, -0.2) is 0 Å². The molecule has 2 N–H and O–H groups in total. The van der Waals surface area contributed by atoms with Crippen molar-refractivity contribution in [3.8, 4) is 0 Å². The van der Waals surface area contributed by atoms with E-state index in [-0.39, 0.29) is 12.5 Å². The standard InChI is InChI=1S/C11H14INO2/c1-7-4-3-5-9(12)10(7)11(15)13-6-8(2)14/h3-5,8,14H,6H2,1-2H3,(H,13,15). The molecule has 82 valence electrons. The third-order valence-electron chi connectivity index (χ3n) is 2.01. The zero-order valence-corrected chi connectivity index (χ0v) is 10.9. The zero-order valence-electron chi connectivity index (χ0n) is 8.75. The van der Waals surface area contributed by atoms with Crippen molar-refractivity contribution in [1.82, 2.24) is 5.32 Å². The van der Waals surface area contributed by atoms with Crippen LogP contribution in [0.5, 0.6) is 0 Å². The predicted octanol–water partition coefficient (Wildman–Crippen LogP) is 1.71. The summed E-state index contributed by atoms with van der Waals surface area (Å²) in [4.78, 5) is 11.8. The number of halogens is 1. The molecule has 0 aliphatic rings. The molecule has 0 aliphatic carbocycles. The second-order valence-electron chi connectivity index (χ2n) is 3.49. The van der Waals surface area contributed by atoms with E-state index in [0.717, 1.165) is 9.13 Å². The molecule has 1 aromatic carbocycles. The van der Waals surface area contributed by atoms with Crippen molar-refractivity contribution in [3.05, 3.63) is 32.9 Å². The summed E-state index contributed by atoms with van der Waals surface area (Å²) in [6.07, 6.45) is -0.518. The number of carbonyl (C=O) groups excluding carboxylic acids is 1. The van der Waals surface area contributed by atoms with Crippen molar-refractivity contribution in [2.75, 3.05) is 6.54 Å². The molecule has 1 unspecified atom stereocenters. The summed E-state index contributed by atoms with van der Waals surface area (Å²) in [7, 11) is 0. The third kappa shape index (κ3) is 3.46. The van der Waals surface area contributed by atoms with Crippen LogP contribution in [0.3, 0.4) is 0 Å². The first kappa shape index (κ1) is 12.4. The fourth-order valence-corrected chi connectivity index (χ4v) is 2.13. The van der Waals surface area contributed by atoms with Gasteiger partial charge in [0.15, 0.2) is 0 Å². The Bertz CT molecular complexity index is 343.